The van der Waals surface area contributed by atoms with E-state index >= 15 is 0 Å². The molecule has 0 saturated heterocycles. The van der Waals surface area contributed by atoms with Gasteiger partial charge in [-0.1, -0.05) is 6.08 Å². The highest BCUT2D eigenvalue weighted by atomic mass is 16.5. The molecule has 1 aliphatic rings. The number of hydrogen-bond acceptors (Lipinski definition) is 5. The molecule has 0 bridgehead atoms. The number of hydrogen-bond donors (Lipinski definition) is 2. The van der Waals surface area contributed by atoms with Crippen molar-refractivity contribution in [3.05, 3.63) is 34.4 Å². The molecule has 1 aromatic rings. The summed E-state index contributed by atoms with van der Waals surface area (Å²) >= 11 is 0. The van der Waals surface area contributed by atoms with Crippen LogP contribution in [0.5, 0.6) is 0 Å². The molecule has 0 radical (unpaired) electrons. The molecule has 2 heterocycles. The SMILES string of the molecule is C[C@@H](OCCO)n1cc2c(nc1=O)NC(=O)C=CC2. The highest BCUT2D eigenvalue weighted by molar-refractivity contribution is 5.99. The number of amides is 1. The van der Waals surface area contributed by atoms with Gasteiger partial charge in [0.15, 0.2) is 0 Å². The minimum atomic E-state index is -0.527. The van der Waals surface area contributed by atoms with Crippen molar-refractivity contribution < 1.29 is 14.6 Å². The Kier molecular flexibility index (Phi) is 4.08. The Morgan fingerprint density at radius 1 is 1.58 bits per heavy atom. The summed E-state index contributed by atoms with van der Waals surface area (Å²) < 4.78 is 6.60. The van der Waals surface area contributed by atoms with Crippen LogP contribution in [0.25, 0.3) is 0 Å². The minimum absolute atomic E-state index is 0.115. The van der Waals surface area contributed by atoms with E-state index in [-0.39, 0.29) is 24.9 Å². The van der Waals surface area contributed by atoms with E-state index in [4.69, 9.17) is 9.84 Å². The topological polar surface area (TPSA) is 93.4 Å². The molecule has 0 fully saturated rings. The molecule has 19 heavy (non-hydrogen) atoms. The van der Waals surface area contributed by atoms with E-state index in [0.717, 1.165) is 5.56 Å². The number of carbonyl (C=O) groups excluding carboxylic acids is 1. The van der Waals surface area contributed by atoms with E-state index in [1.54, 1.807) is 19.2 Å². The first kappa shape index (κ1) is 13.4. The van der Waals surface area contributed by atoms with Crippen LogP contribution in [-0.4, -0.2) is 33.8 Å². The number of aliphatic hydroxyl groups is 1. The summed E-state index contributed by atoms with van der Waals surface area (Å²) in [4.78, 5) is 27.0. The fraction of sp³-hybridized carbons (Fsp3) is 0.417. The summed E-state index contributed by atoms with van der Waals surface area (Å²) in [5, 5.41) is 11.2. The Labute approximate surface area is 109 Å². The smallest absolute Gasteiger partial charge is 0.351 e. The van der Waals surface area contributed by atoms with Gasteiger partial charge >= 0.3 is 5.69 Å². The Hall–Kier alpha value is -1.99. The number of anilines is 1. The fourth-order valence-electron chi connectivity index (χ4n) is 1.78. The molecule has 0 unspecified atom stereocenters. The molecule has 0 aromatic carbocycles. The van der Waals surface area contributed by atoms with Crippen LogP contribution in [0.4, 0.5) is 5.82 Å². The van der Waals surface area contributed by atoms with Crippen molar-refractivity contribution in [3.8, 4) is 0 Å². The molecule has 0 spiro atoms. The second kappa shape index (κ2) is 5.77. The normalized spacial score (nSPS) is 15.6. The van der Waals surface area contributed by atoms with Crippen LogP contribution in [0, 0.1) is 0 Å². The average Bonchev–Trinajstić information content (AvgIpc) is 2.55. The Balaban J connectivity index is 2.32. The van der Waals surface area contributed by atoms with Crippen molar-refractivity contribution in [1.29, 1.82) is 0 Å². The highest BCUT2D eigenvalue weighted by Gasteiger charge is 2.15. The second-order valence-corrected chi connectivity index (χ2v) is 4.09. The minimum Gasteiger partial charge on any atom is -0.394 e. The molecular formula is C12H15N3O4. The summed E-state index contributed by atoms with van der Waals surface area (Å²) in [6, 6.07) is 0. The Bertz CT molecular complexity index is 565. The maximum atomic E-state index is 11.9. The van der Waals surface area contributed by atoms with Crippen molar-refractivity contribution in [1.82, 2.24) is 9.55 Å². The lowest BCUT2D eigenvalue weighted by Gasteiger charge is -2.16. The number of rotatable bonds is 4. The zero-order valence-corrected chi connectivity index (χ0v) is 10.5. The molecule has 1 amide bonds. The number of aromatic nitrogens is 2. The predicted octanol–water partition coefficient (Wildman–Crippen LogP) is -0.179. The van der Waals surface area contributed by atoms with Gasteiger partial charge < -0.3 is 15.2 Å². The first-order valence-corrected chi connectivity index (χ1v) is 5.94. The molecule has 7 nitrogen and oxygen atoms in total. The number of carbonyl (C=O) groups is 1. The fourth-order valence-corrected chi connectivity index (χ4v) is 1.78. The van der Waals surface area contributed by atoms with Crippen LogP contribution < -0.4 is 11.0 Å². The summed E-state index contributed by atoms with van der Waals surface area (Å²) in [5.41, 5.74) is 0.229. The van der Waals surface area contributed by atoms with Crippen molar-refractivity contribution in [2.24, 2.45) is 0 Å². The summed E-state index contributed by atoms with van der Waals surface area (Å²) in [6.07, 6.45) is 4.70. The lowest BCUT2D eigenvalue weighted by molar-refractivity contribution is -0.111. The standard InChI is InChI=1S/C12H15N3O4/c1-8(19-6-5-16)15-7-9-3-2-4-10(17)13-11(9)14-12(15)18/h2,4,7-8,16H,3,5-6H2,1H3,(H,13,14,17,18)/t8-/m1/s1. The molecular weight excluding hydrogens is 250 g/mol. The van der Waals surface area contributed by atoms with Crippen molar-refractivity contribution in [3.63, 3.8) is 0 Å². The van der Waals surface area contributed by atoms with Crippen molar-refractivity contribution >= 4 is 11.7 Å². The number of nitrogens with zero attached hydrogens (tertiary/aromatic N) is 2. The van der Waals surface area contributed by atoms with Gasteiger partial charge in [0.05, 0.1) is 13.2 Å². The predicted molar refractivity (Wildman–Crippen MR) is 67.7 cm³/mol. The zero-order chi connectivity index (χ0) is 13.8. The average molecular weight is 265 g/mol. The summed E-state index contributed by atoms with van der Waals surface area (Å²) in [6.45, 7) is 1.72. The van der Waals surface area contributed by atoms with Gasteiger partial charge in [0.1, 0.15) is 12.0 Å². The molecule has 1 atom stereocenters. The summed E-state index contributed by atoms with van der Waals surface area (Å²) in [5.74, 6) is -0.0152. The van der Waals surface area contributed by atoms with Gasteiger partial charge in [-0.2, -0.15) is 4.98 Å². The van der Waals surface area contributed by atoms with Crippen LogP contribution in [0.15, 0.2) is 23.1 Å². The van der Waals surface area contributed by atoms with Gasteiger partial charge in [-0.05, 0) is 19.4 Å². The molecule has 2 N–H and O–H groups in total. The van der Waals surface area contributed by atoms with E-state index in [0.29, 0.717) is 6.42 Å². The third-order valence-corrected chi connectivity index (χ3v) is 2.72. The van der Waals surface area contributed by atoms with Crippen LogP contribution in [0.1, 0.15) is 18.7 Å². The quantitative estimate of drug-likeness (QED) is 0.787. The van der Waals surface area contributed by atoms with Gasteiger partial charge in [-0.25, -0.2) is 4.79 Å². The monoisotopic (exact) mass is 265 g/mol. The molecule has 7 heteroatoms. The first-order valence-electron chi connectivity index (χ1n) is 5.94. The lowest BCUT2D eigenvalue weighted by atomic mass is 10.2. The number of ether oxygens (including phenoxy) is 1. The maximum Gasteiger partial charge on any atom is 0.351 e. The molecule has 0 aliphatic carbocycles. The van der Waals surface area contributed by atoms with E-state index in [1.807, 2.05) is 0 Å². The van der Waals surface area contributed by atoms with Crippen LogP contribution in [0.3, 0.4) is 0 Å². The Morgan fingerprint density at radius 3 is 3.11 bits per heavy atom. The molecule has 1 aliphatic heterocycles. The van der Waals surface area contributed by atoms with E-state index < -0.39 is 11.9 Å². The van der Waals surface area contributed by atoms with E-state index in [2.05, 4.69) is 10.3 Å². The zero-order valence-electron chi connectivity index (χ0n) is 10.5. The van der Waals surface area contributed by atoms with Crippen LogP contribution in [-0.2, 0) is 16.0 Å². The van der Waals surface area contributed by atoms with Crippen LogP contribution >= 0.6 is 0 Å². The summed E-state index contributed by atoms with van der Waals surface area (Å²) in [7, 11) is 0. The molecule has 102 valence electrons. The van der Waals surface area contributed by atoms with Crippen molar-refractivity contribution in [2.45, 2.75) is 19.6 Å². The van der Waals surface area contributed by atoms with Gasteiger partial charge in [0.25, 0.3) is 0 Å². The largest absolute Gasteiger partial charge is 0.394 e. The number of allylic oxidation sites excluding steroid dienone is 1. The maximum absolute atomic E-state index is 11.9. The van der Waals surface area contributed by atoms with Crippen molar-refractivity contribution in [2.75, 3.05) is 18.5 Å². The second-order valence-electron chi connectivity index (χ2n) is 4.09. The number of aliphatic hydroxyl groups excluding tert-OH is 1. The highest BCUT2D eigenvalue weighted by Crippen LogP contribution is 2.16. The first-order chi connectivity index (χ1) is 9.11. The van der Waals surface area contributed by atoms with E-state index in [9.17, 15) is 9.59 Å². The Morgan fingerprint density at radius 2 is 2.37 bits per heavy atom. The van der Waals surface area contributed by atoms with Gasteiger partial charge in [-0.3, -0.25) is 9.36 Å². The third kappa shape index (κ3) is 3.07. The number of fused-ring (bicyclic) bond motifs is 1. The number of nitrogens with one attached hydrogen (secondary N) is 1. The molecule has 1 aromatic heterocycles. The van der Waals surface area contributed by atoms with Gasteiger partial charge in [0, 0.05) is 11.8 Å². The lowest BCUT2D eigenvalue weighted by Crippen LogP contribution is -2.29. The van der Waals surface area contributed by atoms with E-state index in [1.165, 1.54) is 10.6 Å². The van der Waals surface area contributed by atoms with Gasteiger partial charge in [-0.15, -0.1) is 0 Å². The van der Waals surface area contributed by atoms with Crippen LogP contribution in [0.2, 0.25) is 0 Å². The molecule has 0 saturated carbocycles. The third-order valence-electron chi connectivity index (χ3n) is 2.72. The van der Waals surface area contributed by atoms with Gasteiger partial charge in [0.2, 0.25) is 5.91 Å². The molecule has 2 rings (SSSR count).